The lowest BCUT2D eigenvalue weighted by Gasteiger charge is -2.32. The van der Waals surface area contributed by atoms with E-state index < -0.39 is 0 Å². The Labute approximate surface area is 197 Å². The minimum absolute atomic E-state index is 0.00308. The van der Waals surface area contributed by atoms with Gasteiger partial charge in [-0.2, -0.15) is 5.10 Å². The first-order valence-corrected chi connectivity index (χ1v) is 11.3. The predicted molar refractivity (Wildman–Crippen MR) is 131 cm³/mol. The highest BCUT2D eigenvalue weighted by atomic mass is 16.5. The summed E-state index contributed by atoms with van der Waals surface area (Å²) in [6.45, 7) is 5.39. The third-order valence-electron chi connectivity index (χ3n) is 6.12. The van der Waals surface area contributed by atoms with E-state index in [1.54, 1.807) is 4.90 Å². The van der Waals surface area contributed by atoms with Gasteiger partial charge in [-0.25, -0.2) is 14.6 Å². The highest BCUT2D eigenvalue weighted by Crippen LogP contribution is 2.34. The lowest BCUT2D eigenvalue weighted by molar-refractivity contribution is -0.127. The van der Waals surface area contributed by atoms with E-state index in [1.807, 2.05) is 59.3 Å². The van der Waals surface area contributed by atoms with Crippen LogP contribution in [0, 0.1) is 0 Å². The van der Waals surface area contributed by atoms with Crippen molar-refractivity contribution in [2.45, 2.75) is 25.5 Å². The fraction of sp³-hybridized carbons (Fsp3) is 0.231. The second-order valence-corrected chi connectivity index (χ2v) is 8.33. The average Bonchev–Trinajstić information content (AvgIpc) is 3.29. The smallest absolute Gasteiger partial charge is 0.246 e. The minimum Gasteiger partial charge on any atom is -0.489 e. The van der Waals surface area contributed by atoms with Crippen molar-refractivity contribution in [2.75, 3.05) is 18.8 Å². The number of nitrogens with two attached hydrogens (primary N) is 1. The number of piperidine rings is 1. The van der Waals surface area contributed by atoms with Crippen molar-refractivity contribution in [1.29, 1.82) is 0 Å². The number of aromatic nitrogens is 4. The topological polar surface area (TPSA) is 99.2 Å². The van der Waals surface area contributed by atoms with Gasteiger partial charge in [-0.05, 0) is 48.7 Å². The van der Waals surface area contributed by atoms with Gasteiger partial charge in [0.2, 0.25) is 5.91 Å². The molecule has 8 nitrogen and oxygen atoms in total. The van der Waals surface area contributed by atoms with Gasteiger partial charge in [-0.3, -0.25) is 4.79 Å². The maximum Gasteiger partial charge on any atom is 0.246 e. The molecule has 4 aromatic rings. The molecule has 2 aromatic carbocycles. The molecule has 0 bridgehead atoms. The predicted octanol–water partition coefficient (Wildman–Crippen LogP) is 4.00. The molecule has 0 radical (unpaired) electrons. The number of hydrogen-bond acceptors (Lipinski definition) is 6. The molecule has 8 heteroatoms. The first-order chi connectivity index (χ1) is 16.6. The molecule has 2 N–H and O–H groups in total. The Kier molecular flexibility index (Phi) is 5.95. The van der Waals surface area contributed by atoms with Gasteiger partial charge >= 0.3 is 0 Å². The summed E-state index contributed by atoms with van der Waals surface area (Å²) in [5, 5.41) is 5.63. The molecule has 1 aliphatic heterocycles. The van der Waals surface area contributed by atoms with Gasteiger partial charge in [-0.15, -0.1) is 0 Å². The summed E-state index contributed by atoms with van der Waals surface area (Å²) >= 11 is 0. The second kappa shape index (κ2) is 9.35. The molecule has 3 heterocycles. The lowest BCUT2D eigenvalue weighted by atomic mass is 10.1. The van der Waals surface area contributed by atoms with Crippen molar-refractivity contribution in [2.24, 2.45) is 0 Å². The van der Waals surface area contributed by atoms with E-state index in [-0.39, 0.29) is 11.9 Å². The molecule has 1 fully saturated rings. The van der Waals surface area contributed by atoms with Crippen molar-refractivity contribution in [3.63, 3.8) is 0 Å². The number of anilines is 1. The van der Waals surface area contributed by atoms with E-state index in [1.165, 1.54) is 12.4 Å². The van der Waals surface area contributed by atoms with Gasteiger partial charge in [0.25, 0.3) is 0 Å². The quantitative estimate of drug-likeness (QED) is 0.442. The van der Waals surface area contributed by atoms with E-state index >= 15 is 0 Å². The van der Waals surface area contributed by atoms with Crippen LogP contribution in [0.5, 0.6) is 5.75 Å². The molecular formula is C26H26N6O2. The number of ether oxygens (including phenoxy) is 1. The number of carbonyl (C=O) groups is 1. The average molecular weight is 455 g/mol. The van der Waals surface area contributed by atoms with E-state index in [2.05, 4.69) is 16.5 Å². The van der Waals surface area contributed by atoms with Crippen LogP contribution >= 0.6 is 0 Å². The van der Waals surface area contributed by atoms with E-state index in [4.69, 9.17) is 15.6 Å². The van der Waals surface area contributed by atoms with Crippen LogP contribution in [0.15, 0.2) is 73.6 Å². The van der Waals surface area contributed by atoms with Crippen LogP contribution in [0.4, 0.5) is 5.82 Å². The molecule has 2 aromatic heterocycles. The van der Waals surface area contributed by atoms with Crippen molar-refractivity contribution in [1.82, 2.24) is 24.6 Å². The van der Waals surface area contributed by atoms with Gasteiger partial charge < -0.3 is 15.4 Å². The Morgan fingerprint density at radius 3 is 2.71 bits per heavy atom. The fourth-order valence-corrected chi connectivity index (χ4v) is 4.39. The molecule has 1 saturated heterocycles. The Hall–Kier alpha value is -4.20. The third-order valence-corrected chi connectivity index (χ3v) is 6.12. The number of likely N-dealkylation sites (tertiary alicyclic amines) is 1. The van der Waals surface area contributed by atoms with Gasteiger partial charge in [0.1, 0.15) is 30.2 Å². The highest BCUT2D eigenvalue weighted by molar-refractivity contribution is 5.98. The third kappa shape index (κ3) is 4.22. The van der Waals surface area contributed by atoms with Gasteiger partial charge in [0, 0.05) is 18.7 Å². The zero-order valence-electron chi connectivity index (χ0n) is 18.8. The summed E-state index contributed by atoms with van der Waals surface area (Å²) in [6, 6.07) is 17.8. The molecule has 172 valence electrons. The van der Waals surface area contributed by atoms with Crippen LogP contribution in [0.2, 0.25) is 0 Å². The monoisotopic (exact) mass is 454 g/mol. The molecule has 0 saturated carbocycles. The molecule has 1 aliphatic rings. The maximum absolute atomic E-state index is 12.2. The first kappa shape index (κ1) is 21.6. The number of fused-ring (bicyclic) bond motifs is 1. The summed E-state index contributed by atoms with van der Waals surface area (Å²) in [7, 11) is 0. The van der Waals surface area contributed by atoms with Crippen LogP contribution in [0.3, 0.4) is 0 Å². The molecule has 34 heavy (non-hydrogen) atoms. The summed E-state index contributed by atoms with van der Waals surface area (Å²) in [4.78, 5) is 22.7. The van der Waals surface area contributed by atoms with Crippen molar-refractivity contribution in [3.8, 4) is 17.0 Å². The number of carbonyl (C=O) groups excluding carboxylic acids is 1. The zero-order valence-corrected chi connectivity index (χ0v) is 18.8. The Morgan fingerprint density at radius 1 is 1.15 bits per heavy atom. The molecule has 0 aliphatic carbocycles. The number of amides is 1. The molecule has 1 unspecified atom stereocenters. The number of rotatable bonds is 6. The van der Waals surface area contributed by atoms with Crippen LogP contribution in [0.25, 0.3) is 22.3 Å². The zero-order chi connectivity index (χ0) is 23.5. The van der Waals surface area contributed by atoms with Crippen LogP contribution in [-0.4, -0.2) is 43.6 Å². The van der Waals surface area contributed by atoms with Gasteiger partial charge in [0.05, 0.1) is 11.4 Å². The Bertz CT molecular complexity index is 1320. The number of hydrogen-bond donors (Lipinski definition) is 1. The van der Waals surface area contributed by atoms with Crippen LogP contribution < -0.4 is 10.5 Å². The maximum atomic E-state index is 12.2. The minimum atomic E-state index is -0.0679. The van der Waals surface area contributed by atoms with E-state index in [0.717, 1.165) is 42.0 Å². The highest BCUT2D eigenvalue weighted by Gasteiger charge is 2.28. The van der Waals surface area contributed by atoms with Crippen molar-refractivity contribution < 1.29 is 9.53 Å². The van der Waals surface area contributed by atoms with E-state index in [0.29, 0.717) is 30.0 Å². The summed E-state index contributed by atoms with van der Waals surface area (Å²) in [6.07, 6.45) is 4.59. The van der Waals surface area contributed by atoms with E-state index in [9.17, 15) is 4.79 Å². The summed E-state index contributed by atoms with van der Waals surface area (Å²) in [5.41, 5.74) is 9.66. The van der Waals surface area contributed by atoms with Crippen molar-refractivity contribution >= 4 is 22.8 Å². The van der Waals surface area contributed by atoms with Crippen molar-refractivity contribution in [3.05, 3.63) is 79.1 Å². The summed E-state index contributed by atoms with van der Waals surface area (Å²) in [5.74, 6) is 1.08. The van der Waals surface area contributed by atoms with Crippen LogP contribution in [0.1, 0.15) is 24.4 Å². The Balaban J connectivity index is 1.44. The first-order valence-electron chi connectivity index (χ1n) is 11.3. The largest absolute Gasteiger partial charge is 0.489 e. The van der Waals surface area contributed by atoms with Gasteiger partial charge in [-0.1, -0.05) is 36.9 Å². The number of nitrogen functional groups attached to an aromatic ring is 1. The molecule has 5 rings (SSSR count). The standard InChI is InChI=1S/C26H26N6O2/c1-2-22(33)31-14-6-9-20(15-31)32-26-23(25(27)28-17-29-26)24(30-32)19-10-12-21(13-11-19)34-16-18-7-4-3-5-8-18/h2-5,7-8,10-13,17,20H,1,6,9,14-16H2,(H2,27,28,29). The van der Waals surface area contributed by atoms with Gasteiger partial charge in [0.15, 0.2) is 5.65 Å². The molecule has 0 spiro atoms. The molecule has 1 amide bonds. The number of benzene rings is 2. The number of nitrogens with zero attached hydrogens (tertiary/aromatic N) is 5. The normalized spacial score (nSPS) is 15.9. The summed E-state index contributed by atoms with van der Waals surface area (Å²) < 4.78 is 7.81. The van der Waals surface area contributed by atoms with Crippen LogP contribution in [-0.2, 0) is 11.4 Å². The Morgan fingerprint density at radius 2 is 1.94 bits per heavy atom. The lowest BCUT2D eigenvalue weighted by Crippen LogP contribution is -2.40. The molecular weight excluding hydrogens is 428 g/mol. The fourth-order valence-electron chi connectivity index (χ4n) is 4.39. The SMILES string of the molecule is C=CC(=O)N1CCCC(n2nc(-c3ccc(OCc4ccccc4)cc3)c3c(N)ncnc32)C1. The second-order valence-electron chi connectivity index (χ2n) is 8.33. The molecule has 1 atom stereocenters.